The predicted molar refractivity (Wildman–Crippen MR) is 131 cm³/mol. The van der Waals surface area contributed by atoms with Crippen LogP contribution in [-0.4, -0.2) is 52.1 Å². The van der Waals surface area contributed by atoms with E-state index in [0.29, 0.717) is 18.5 Å². The second kappa shape index (κ2) is 11.0. The van der Waals surface area contributed by atoms with Gasteiger partial charge in [-0.3, -0.25) is 15.0 Å². The Bertz CT molecular complexity index is 860. The van der Waals surface area contributed by atoms with Crippen molar-refractivity contribution in [1.82, 2.24) is 10.2 Å². The molecule has 8 heteroatoms. The molecule has 0 spiro atoms. The summed E-state index contributed by atoms with van der Waals surface area (Å²) in [6.07, 6.45) is 3.14. The number of carbonyl (C=O) groups excluding carboxylic acids is 2. The van der Waals surface area contributed by atoms with E-state index in [1.54, 1.807) is 0 Å². The number of nitrogens with two attached hydrogens (primary N) is 1. The summed E-state index contributed by atoms with van der Waals surface area (Å²) in [6, 6.07) is 4.32. The van der Waals surface area contributed by atoms with Crippen molar-refractivity contribution in [3.8, 4) is 0 Å². The number of hydrogen-bond acceptors (Lipinski definition) is 7. The summed E-state index contributed by atoms with van der Waals surface area (Å²) in [5.41, 5.74) is 7.84. The number of carbonyl (C=O) groups is 2. The molecule has 0 saturated heterocycles. The van der Waals surface area contributed by atoms with Crippen molar-refractivity contribution in [2.75, 3.05) is 5.73 Å². The van der Waals surface area contributed by atoms with Gasteiger partial charge in [-0.2, -0.15) is 0 Å². The first kappa shape index (κ1) is 26.3. The Labute approximate surface area is 203 Å². The number of nitrogens with zero attached hydrogens (tertiary/aromatic N) is 1. The Morgan fingerprint density at radius 2 is 1.88 bits per heavy atom. The monoisotopic (exact) mass is 475 g/mol. The van der Waals surface area contributed by atoms with Crippen LogP contribution in [0.1, 0.15) is 77.8 Å². The number of aliphatic hydroxyl groups excluding tert-OH is 1. The minimum atomic E-state index is -1.14. The minimum absolute atomic E-state index is 0.0496. The average Bonchev–Trinajstić information content (AvgIpc) is 3.23. The number of ether oxygens (including phenoxy) is 2. The number of benzene rings is 1. The first-order chi connectivity index (χ1) is 15.9. The zero-order valence-corrected chi connectivity index (χ0v) is 21.2. The van der Waals surface area contributed by atoms with Gasteiger partial charge in [-0.05, 0) is 88.5 Å². The summed E-state index contributed by atoms with van der Waals surface area (Å²) in [6.45, 7) is 9.74. The fourth-order valence-electron chi connectivity index (χ4n) is 4.70. The van der Waals surface area contributed by atoms with Crippen LogP contribution in [0.25, 0.3) is 0 Å². The van der Waals surface area contributed by atoms with Crippen LogP contribution in [0.15, 0.2) is 18.2 Å². The van der Waals surface area contributed by atoms with E-state index < -0.39 is 30.0 Å². The lowest BCUT2D eigenvalue weighted by Gasteiger charge is -2.41. The summed E-state index contributed by atoms with van der Waals surface area (Å²) in [5.74, 6) is -0.120. The molecule has 1 aliphatic heterocycles. The zero-order chi connectivity index (χ0) is 25.0. The standard InChI is InChI=1S/C26H41N3O5/c1-16(2)12-21(24(31)33-20-8-6-7-9-20)28-23(30)22-14-17-10-11-19(27)13-18(17)15-29(22)25(32)34-26(3,4)5/h10-11,13,16,20-23,28,30H,6-9,12,14-15,27H2,1-5H3/t21-,22-,23?/m0/s1. The van der Waals surface area contributed by atoms with Gasteiger partial charge in [-0.1, -0.05) is 19.9 Å². The van der Waals surface area contributed by atoms with E-state index in [4.69, 9.17) is 15.2 Å². The summed E-state index contributed by atoms with van der Waals surface area (Å²) >= 11 is 0. The van der Waals surface area contributed by atoms with Gasteiger partial charge >= 0.3 is 12.1 Å². The third kappa shape index (κ3) is 7.09. The summed E-state index contributed by atoms with van der Waals surface area (Å²) in [4.78, 5) is 27.6. The van der Waals surface area contributed by atoms with Crippen molar-refractivity contribution in [3.05, 3.63) is 29.3 Å². The van der Waals surface area contributed by atoms with Crippen molar-refractivity contribution in [2.45, 2.75) is 110 Å². The lowest BCUT2D eigenvalue weighted by molar-refractivity contribution is -0.153. The molecule has 1 saturated carbocycles. The van der Waals surface area contributed by atoms with Gasteiger partial charge in [0.05, 0.1) is 6.04 Å². The normalized spacial score (nSPS) is 20.7. The maximum atomic E-state index is 13.1. The molecule has 8 nitrogen and oxygen atoms in total. The number of amides is 1. The molecule has 2 aliphatic rings. The smallest absolute Gasteiger partial charge is 0.410 e. The number of nitrogens with one attached hydrogen (secondary N) is 1. The molecule has 1 aliphatic carbocycles. The summed E-state index contributed by atoms with van der Waals surface area (Å²) < 4.78 is 11.4. The number of fused-ring (bicyclic) bond motifs is 1. The molecular weight excluding hydrogens is 434 g/mol. The first-order valence-corrected chi connectivity index (χ1v) is 12.4. The molecule has 1 aromatic rings. The van der Waals surface area contributed by atoms with E-state index >= 15 is 0 Å². The van der Waals surface area contributed by atoms with Crippen molar-refractivity contribution in [2.24, 2.45) is 5.92 Å². The molecule has 1 aromatic carbocycles. The molecule has 1 amide bonds. The van der Waals surface area contributed by atoms with E-state index in [9.17, 15) is 14.7 Å². The fraction of sp³-hybridized carbons (Fsp3) is 0.692. The topological polar surface area (TPSA) is 114 Å². The lowest BCUT2D eigenvalue weighted by Crippen LogP contribution is -2.59. The molecule has 1 unspecified atom stereocenters. The summed E-state index contributed by atoms with van der Waals surface area (Å²) in [5, 5.41) is 14.4. The molecule has 3 rings (SSSR count). The summed E-state index contributed by atoms with van der Waals surface area (Å²) in [7, 11) is 0. The molecule has 0 bridgehead atoms. The van der Waals surface area contributed by atoms with Crippen molar-refractivity contribution in [3.63, 3.8) is 0 Å². The highest BCUT2D eigenvalue weighted by molar-refractivity contribution is 5.76. The van der Waals surface area contributed by atoms with E-state index in [1.165, 1.54) is 4.90 Å². The van der Waals surface area contributed by atoms with Gasteiger partial charge in [0.15, 0.2) is 0 Å². The van der Waals surface area contributed by atoms with Crippen LogP contribution in [-0.2, 0) is 27.2 Å². The van der Waals surface area contributed by atoms with Gasteiger partial charge in [0.1, 0.15) is 24.0 Å². The van der Waals surface area contributed by atoms with Crippen LogP contribution in [0.5, 0.6) is 0 Å². The van der Waals surface area contributed by atoms with Crippen LogP contribution >= 0.6 is 0 Å². The van der Waals surface area contributed by atoms with Crippen LogP contribution < -0.4 is 11.1 Å². The van der Waals surface area contributed by atoms with Gasteiger partial charge in [-0.15, -0.1) is 0 Å². The van der Waals surface area contributed by atoms with Crippen molar-refractivity contribution < 1.29 is 24.2 Å². The van der Waals surface area contributed by atoms with E-state index in [0.717, 1.165) is 36.8 Å². The molecule has 3 atom stereocenters. The molecule has 1 fully saturated rings. The second-order valence-electron chi connectivity index (χ2n) is 11.0. The van der Waals surface area contributed by atoms with Gasteiger partial charge in [0.2, 0.25) is 0 Å². The Hall–Kier alpha value is -2.32. The highest BCUT2D eigenvalue weighted by Crippen LogP contribution is 2.29. The number of anilines is 1. The number of esters is 1. The Morgan fingerprint density at radius 1 is 1.21 bits per heavy atom. The Kier molecular flexibility index (Phi) is 8.47. The largest absolute Gasteiger partial charge is 0.461 e. The molecule has 1 heterocycles. The third-order valence-electron chi connectivity index (χ3n) is 6.34. The predicted octanol–water partition coefficient (Wildman–Crippen LogP) is 3.74. The van der Waals surface area contributed by atoms with E-state index in [2.05, 4.69) is 5.32 Å². The third-order valence-corrected chi connectivity index (χ3v) is 6.34. The Balaban J connectivity index is 1.80. The Morgan fingerprint density at radius 3 is 2.50 bits per heavy atom. The van der Waals surface area contributed by atoms with Crippen LogP contribution in [0.3, 0.4) is 0 Å². The van der Waals surface area contributed by atoms with Crippen LogP contribution in [0.4, 0.5) is 10.5 Å². The van der Waals surface area contributed by atoms with Crippen LogP contribution in [0.2, 0.25) is 0 Å². The molecule has 0 aromatic heterocycles. The maximum Gasteiger partial charge on any atom is 0.410 e. The SMILES string of the molecule is CC(C)C[C@H](NC(O)[C@@H]1Cc2ccc(N)cc2CN1C(=O)OC(C)(C)C)C(=O)OC1CCCC1. The zero-order valence-electron chi connectivity index (χ0n) is 21.2. The van der Waals surface area contributed by atoms with Crippen molar-refractivity contribution >= 4 is 17.7 Å². The number of rotatable bonds is 7. The number of hydrogen-bond donors (Lipinski definition) is 3. The highest BCUT2D eigenvalue weighted by atomic mass is 16.6. The van der Waals surface area contributed by atoms with Gasteiger partial charge < -0.3 is 20.3 Å². The van der Waals surface area contributed by atoms with E-state index in [1.807, 2.05) is 52.8 Å². The lowest BCUT2D eigenvalue weighted by atomic mass is 9.92. The minimum Gasteiger partial charge on any atom is -0.461 e. The number of nitrogen functional groups attached to an aromatic ring is 1. The van der Waals surface area contributed by atoms with Gasteiger partial charge in [0.25, 0.3) is 0 Å². The van der Waals surface area contributed by atoms with Gasteiger partial charge in [-0.25, -0.2) is 4.79 Å². The fourth-order valence-corrected chi connectivity index (χ4v) is 4.70. The quantitative estimate of drug-likeness (QED) is 0.313. The van der Waals surface area contributed by atoms with Crippen molar-refractivity contribution in [1.29, 1.82) is 0 Å². The second-order valence-corrected chi connectivity index (χ2v) is 11.0. The average molecular weight is 476 g/mol. The molecule has 0 radical (unpaired) electrons. The maximum absolute atomic E-state index is 13.1. The van der Waals surface area contributed by atoms with Crippen LogP contribution in [0, 0.1) is 5.92 Å². The molecular formula is C26H41N3O5. The number of aliphatic hydroxyl groups is 1. The van der Waals surface area contributed by atoms with E-state index in [-0.39, 0.29) is 24.5 Å². The molecule has 34 heavy (non-hydrogen) atoms. The molecule has 4 N–H and O–H groups in total. The van der Waals surface area contributed by atoms with Gasteiger partial charge in [0, 0.05) is 12.2 Å². The highest BCUT2D eigenvalue weighted by Gasteiger charge is 2.39. The first-order valence-electron chi connectivity index (χ1n) is 12.4. The molecule has 190 valence electrons.